The van der Waals surface area contributed by atoms with Crippen molar-refractivity contribution in [2.24, 2.45) is 5.73 Å². The van der Waals surface area contributed by atoms with Crippen LogP contribution < -0.4 is 5.73 Å². The number of nitrogens with two attached hydrogens (primary N) is 1. The summed E-state index contributed by atoms with van der Waals surface area (Å²) in [6, 6.07) is 5.65. The molecule has 0 radical (unpaired) electrons. The number of hydrogen-bond donors (Lipinski definition) is 1. The first-order chi connectivity index (χ1) is 9.04. The highest BCUT2D eigenvalue weighted by atomic mass is 32.2. The molecule has 1 unspecified atom stereocenters. The average molecular weight is 280 g/mol. The summed E-state index contributed by atoms with van der Waals surface area (Å²) >= 11 is 1.38. The minimum Gasteiger partial charge on any atom is -0.465 e. The van der Waals surface area contributed by atoms with Gasteiger partial charge in [-0.1, -0.05) is 17.8 Å². The number of carbonyl (C=O) groups excluding carboxylic acids is 1. The van der Waals surface area contributed by atoms with Gasteiger partial charge in [0.1, 0.15) is 5.54 Å². The zero-order chi connectivity index (χ0) is 13.9. The molecule has 2 heterocycles. The van der Waals surface area contributed by atoms with E-state index in [1.54, 1.807) is 13.8 Å². The van der Waals surface area contributed by atoms with Gasteiger partial charge in [-0.25, -0.2) is 0 Å². The van der Waals surface area contributed by atoms with Gasteiger partial charge in [0.25, 0.3) is 0 Å². The first kappa shape index (κ1) is 13.8. The second kappa shape index (κ2) is 5.58. The number of hydrogen-bond acceptors (Lipinski definition) is 6. The first-order valence-electron chi connectivity index (χ1n) is 5.93. The van der Waals surface area contributed by atoms with Crippen LogP contribution in [0.15, 0.2) is 29.6 Å². The third-order valence-corrected chi connectivity index (χ3v) is 3.81. The van der Waals surface area contributed by atoms with Crippen LogP contribution in [0.5, 0.6) is 0 Å². The van der Waals surface area contributed by atoms with E-state index in [1.165, 1.54) is 11.8 Å². The van der Waals surface area contributed by atoms with Gasteiger partial charge in [0.2, 0.25) is 0 Å². The minimum atomic E-state index is -1.04. The highest BCUT2D eigenvalue weighted by molar-refractivity contribution is 7.99. The second-order valence-corrected chi connectivity index (χ2v) is 5.28. The van der Waals surface area contributed by atoms with E-state index >= 15 is 0 Å². The Bertz CT molecular complexity index is 582. The molecule has 0 aliphatic rings. The number of thioether (sulfide) groups is 1. The zero-order valence-electron chi connectivity index (χ0n) is 10.9. The lowest BCUT2D eigenvalue weighted by Gasteiger charge is -2.20. The van der Waals surface area contributed by atoms with Crippen LogP contribution in [0.4, 0.5) is 0 Å². The maximum atomic E-state index is 11.7. The van der Waals surface area contributed by atoms with Gasteiger partial charge in [0, 0.05) is 11.9 Å². The van der Waals surface area contributed by atoms with Crippen molar-refractivity contribution in [3.05, 3.63) is 24.4 Å². The largest absolute Gasteiger partial charge is 0.465 e. The fourth-order valence-electron chi connectivity index (χ4n) is 1.49. The quantitative estimate of drug-likeness (QED) is 0.652. The van der Waals surface area contributed by atoms with Crippen LogP contribution >= 0.6 is 11.8 Å². The number of ether oxygens (including phenoxy) is 1. The normalized spacial score (nSPS) is 14.3. The molecule has 0 amide bonds. The molecule has 0 bridgehead atoms. The second-order valence-electron chi connectivity index (χ2n) is 4.34. The molecular formula is C12H16N4O2S. The molecule has 0 aliphatic carbocycles. The number of fused-ring (bicyclic) bond motifs is 1. The van der Waals surface area contributed by atoms with Crippen LogP contribution in [-0.2, 0) is 9.53 Å². The maximum Gasteiger partial charge on any atom is 0.326 e. The number of carbonyl (C=O) groups is 1. The molecule has 1 atom stereocenters. The zero-order valence-corrected chi connectivity index (χ0v) is 11.7. The Morgan fingerprint density at radius 1 is 1.53 bits per heavy atom. The molecule has 2 aromatic rings. The van der Waals surface area contributed by atoms with Crippen molar-refractivity contribution < 1.29 is 9.53 Å². The first-order valence-corrected chi connectivity index (χ1v) is 6.92. The SMILES string of the molecule is CCOC(=O)C(C)(N)CSc1nnc2ccccn12. The van der Waals surface area contributed by atoms with Gasteiger partial charge >= 0.3 is 5.97 Å². The molecule has 0 saturated heterocycles. The van der Waals surface area contributed by atoms with Crippen molar-refractivity contribution in [1.29, 1.82) is 0 Å². The van der Waals surface area contributed by atoms with Gasteiger partial charge in [-0.15, -0.1) is 10.2 Å². The summed E-state index contributed by atoms with van der Waals surface area (Å²) in [5.41, 5.74) is 5.68. The Labute approximate surface area is 115 Å². The Balaban J connectivity index is 2.08. The van der Waals surface area contributed by atoms with E-state index in [0.29, 0.717) is 17.5 Å². The van der Waals surface area contributed by atoms with E-state index in [1.807, 2.05) is 28.8 Å². The van der Waals surface area contributed by atoms with Crippen LogP contribution in [0.2, 0.25) is 0 Å². The van der Waals surface area contributed by atoms with Gasteiger partial charge in [0.15, 0.2) is 10.8 Å². The van der Waals surface area contributed by atoms with Gasteiger partial charge in [-0.05, 0) is 26.0 Å². The van der Waals surface area contributed by atoms with E-state index in [-0.39, 0.29) is 0 Å². The van der Waals surface area contributed by atoms with Crippen molar-refractivity contribution >= 4 is 23.4 Å². The topological polar surface area (TPSA) is 82.5 Å². The number of aromatic nitrogens is 3. The van der Waals surface area contributed by atoms with Gasteiger partial charge in [-0.2, -0.15) is 0 Å². The van der Waals surface area contributed by atoms with E-state index in [4.69, 9.17) is 10.5 Å². The molecule has 0 aromatic carbocycles. The Kier molecular flexibility index (Phi) is 4.06. The summed E-state index contributed by atoms with van der Waals surface area (Å²) in [5, 5.41) is 8.81. The van der Waals surface area contributed by atoms with Crippen LogP contribution in [0.25, 0.3) is 5.65 Å². The molecule has 0 aliphatic heterocycles. The molecular weight excluding hydrogens is 264 g/mol. The van der Waals surface area contributed by atoms with Gasteiger partial charge in [-0.3, -0.25) is 9.20 Å². The van der Waals surface area contributed by atoms with Gasteiger partial charge < -0.3 is 10.5 Å². The molecule has 102 valence electrons. The summed E-state index contributed by atoms with van der Waals surface area (Å²) in [4.78, 5) is 11.7. The van der Waals surface area contributed by atoms with E-state index in [0.717, 1.165) is 5.65 Å². The average Bonchev–Trinajstić information content (AvgIpc) is 2.80. The molecule has 2 rings (SSSR count). The number of nitrogens with zero attached hydrogens (tertiary/aromatic N) is 3. The van der Waals surface area contributed by atoms with Crippen LogP contribution in [-0.4, -0.2) is 38.5 Å². The van der Waals surface area contributed by atoms with E-state index < -0.39 is 11.5 Å². The molecule has 2 aromatic heterocycles. The Morgan fingerprint density at radius 2 is 2.32 bits per heavy atom. The summed E-state index contributed by atoms with van der Waals surface area (Å²) < 4.78 is 6.80. The van der Waals surface area contributed by atoms with Crippen LogP contribution in [0, 0.1) is 0 Å². The molecule has 6 nitrogen and oxygen atoms in total. The van der Waals surface area contributed by atoms with Gasteiger partial charge in [0.05, 0.1) is 6.61 Å². The van der Waals surface area contributed by atoms with Crippen molar-refractivity contribution in [2.45, 2.75) is 24.5 Å². The summed E-state index contributed by atoms with van der Waals surface area (Å²) in [5.74, 6) is -0.0297. The third-order valence-electron chi connectivity index (χ3n) is 2.53. The molecule has 7 heteroatoms. The molecule has 2 N–H and O–H groups in total. The van der Waals surface area contributed by atoms with Crippen LogP contribution in [0.3, 0.4) is 0 Å². The van der Waals surface area contributed by atoms with Crippen molar-refractivity contribution in [3.8, 4) is 0 Å². The third kappa shape index (κ3) is 3.05. The molecule has 0 saturated carbocycles. The van der Waals surface area contributed by atoms with Crippen molar-refractivity contribution in [3.63, 3.8) is 0 Å². The lowest BCUT2D eigenvalue weighted by atomic mass is 10.1. The lowest BCUT2D eigenvalue weighted by molar-refractivity contribution is -0.148. The molecule has 0 fully saturated rings. The van der Waals surface area contributed by atoms with Crippen molar-refractivity contribution in [2.75, 3.05) is 12.4 Å². The summed E-state index contributed by atoms with van der Waals surface area (Å²) in [6.07, 6.45) is 1.87. The number of rotatable bonds is 5. The number of pyridine rings is 1. The Hall–Kier alpha value is -1.60. The molecule has 19 heavy (non-hydrogen) atoms. The maximum absolute atomic E-state index is 11.7. The summed E-state index contributed by atoms with van der Waals surface area (Å²) in [7, 11) is 0. The summed E-state index contributed by atoms with van der Waals surface area (Å²) in [6.45, 7) is 3.73. The van der Waals surface area contributed by atoms with Crippen molar-refractivity contribution in [1.82, 2.24) is 14.6 Å². The minimum absolute atomic E-state index is 0.324. The monoisotopic (exact) mass is 280 g/mol. The smallest absolute Gasteiger partial charge is 0.326 e. The predicted octanol–water partition coefficient (Wildman–Crippen LogP) is 1.10. The predicted molar refractivity (Wildman–Crippen MR) is 72.9 cm³/mol. The fourth-order valence-corrected chi connectivity index (χ4v) is 2.43. The van der Waals surface area contributed by atoms with E-state index in [9.17, 15) is 4.79 Å². The number of esters is 1. The Morgan fingerprint density at radius 3 is 3.05 bits per heavy atom. The standard InChI is InChI=1S/C12H16N4O2S/c1-3-18-10(17)12(2,13)8-19-11-15-14-9-6-4-5-7-16(9)11/h4-7H,3,8,13H2,1-2H3. The molecule has 0 spiro atoms. The van der Waals surface area contributed by atoms with E-state index in [2.05, 4.69) is 10.2 Å². The highest BCUT2D eigenvalue weighted by Gasteiger charge is 2.30. The lowest BCUT2D eigenvalue weighted by Crippen LogP contribution is -2.48. The highest BCUT2D eigenvalue weighted by Crippen LogP contribution is 2.21. The van der Waals surface area contributed by atoms with Crippen LogP contribution in [0.1, 0.15) is 13.8 Å². The fraction of sp³-hybridized carbons (Fsp3) is 0.417.